The van der Waals surface area contributed by atoms with Gasteiger partial charge in [-0.25, -0.2) is 9.68 Å². The maximum absolute atomic E-state index is 11.2. The van der Waals surface area contributed by atoms with Gasteiger partial charge in [0.2, 0.25) is 0 Å². The Hall–Kier alpha value is -2.37. The summed E-state index contributed by atoms with van der Waals surface area (Å²) in [6, 6.07) is 8.50. The highest BCUT2D eigenvalue weighted by atomic mass is 17.1. The fourth-order valence-electron chi connectivity index (χ4n) is 2.26. The van der Waals surface area contributed by atoms with E-state index < -0.39 is 0 Å². The Balaban J connectivity index is 1.90. The number of allylic oxidation sites excluding steroid dienone is 1. The number of rotatable bonds is 8. The van der Waals surface area contributed by atoms with Crippen molar-refractivity contribution >= 4 is 11.0 Å². The number of hydrogen-bond donors (Lipinski definition) is 1. The molecule has 0 bridgehead atoms. The van der Waals surface area contributed by atoms with Gasteiger partial charge in [-0.3, -0.25) is 5.26 Å². The molecule has 1 heterocycles. The Labute approximate surface area is 140 Å². The molecule has 2 rings (SSSR count). The largest absolute Gasteiger partial charge is 0.489 e. The highest BCUT2D eigenvalue weighted by molar-refractivity contribution is 5.77. The van der Waals surface area contributed by atoms with Crippen molar-refractivity contribution in [2.45, 2.75) is 32.8 Å². The average Bonchev–Trinajstić information content (AvgIpc) is 2.54. The molecule has 1 aromatic heterocycles. The summed E-state index contributed by atoms with van der Waals surface area (Å²) in [6.07, 6.45) is 3.05. The van der Waals surface area contributed by atoms with Gasteiger partial charge in [0, 0.05) is 17.5 Å². The van der Waals surface area contributed by atoms with E-state index in [4.69, 9.17) is 14.4 Å². The summed E-state index contributed by atoms with van der Waals surface area (Å²) in [6.45, 7) is 8.00. The van der Waals surface area contributed by atoms with Crippen molar-refractivity contribution in [3.05, 3.63) is 64.6 Å². The Kier molecular flexibility index (Phi) is 6.35. The van der Waals surface area contributed by atoms with Crippen LogP contribution in [0.2, 0.25) is 0 Å². The zero-order valence-electron chi connectivity index (χ0n) is 14.0. The third kappa shape index (κ3) is 5.08. The fraction of sp³-hybridized carbons (Fsp3) is 0.316. The van der Waals surface area contributed by atoms with Gasteiger partial charge in [-0.15, -0.1) is 0 Å². The van der Waals surface area contributed by atoms with Gasteiger partial charge in [0.15, 0.2) is 0 Å². The van der Waals surface area contributed by atoms with Crippen molar-refractivity contribution in [1.82, 2.24) is 0 Å². The molecule has 0 aliphatic heterocycles. The maximum Gasteiger partial charge on any atom is 0.336 e. The van der Waals surface area contributed by atoms with Crippen LogP contribution >= 0.6 is 0 Å². The van der Waals surface area contributed by atoms with E-state index in [2.05, 4.69) is 11.5 Å². The zero-order chi connectivity index (χ0) is 17.5. The molecule has 0 amide bonds. The van der Waals surface area contributed by atoms with Gasteiger partial charge in [-0.1, -0.05) is 12.2 Å². The molecule has 24 heavy (non-hydrogen) atoms. The molecule has 1 unspecified atom stereocenters. The molecule has 5 heteroatoms. The number of benzene rings is 1. The van der Waals surface area contributed by atoms with Gasteiger partial charge in [0.05, 0.1) is 0 Å². The third-order valence-corrected chi connectivity index (χ3v) is 3.75. The predicted molar refractivity (Wildman–Crippen MR) is 93.3 cm³/mol. The van der Waals surface area contributed by atoms with Gasteiger partial charge in [-0.2, -0.15) is 0 Å². The van der Waals surface area contributed by atoms with E-state index in [1.807, 2.05) is 32.1 Å². The van der Waals surface area contributed by atoms with Gasteiger partial charge in [0.1, 0.15) is 24.0 Å². The summed E-state index contributed by atoms with van der Waals surface area (Å²) < 4.78 is 10.8. The summed E-state index contributed by atoms with van der Waals surface area (Å²) in [4.78, 5) is 15.6. The standard InChI is InChI=1S/C19H22O5/c1-13(2)17(24-21)8-4-14(3)10-11-22-16-7-5-15-6-9-19(20)23-18(15)12-16/h5-7,9-10,12,17,21H,1,4,8,11H2,2-3H3. The lowest BCUT2D eigenvalue weighted by Crippen LogP contribution is -2.11. The molecule has 0 fully saturated rings. The number of ether oxygens (including phenoxy) is 1. The van der Waals surface area contributed by atoms with Crippen LogP contribution in [0.15, 0.2) is 63.3 Å². The number of hydrogen-bond acceptors (Lipinski definition) is 5. The topological polar surface area (TPSA) is 68.9 Å². The van der Waals surface area contributed by atoms with Gasteiger partial charge >= 0.3 is 5.63 Å². The van der Waals surface area contributed by atoms with Crippen molar-refractivity contribution in [3.8, 4) is 5.75 Å². The van der Waals surface area contributed by atoms with Crippen molar-refractivity contribution < 1.29 is 19.3 Å². The van der Waals surface area contributed by atoms with Gasteiger partial charge in [0.25, 0.3) is 0 Å². The second-order valence-corrected chi connectivity index (χ2v) is 5.79. The first-order valence-electron chi connectivity index (χ1n) is 7.77. The lowest BCUT2D eigenvalue weighted by atomic mass is 10.0. The van der Waals surface area contributed by atoms with Crippen LogP contribution in [0.25, 0.3) is 11.0 Å². The first-order chi connectivity index (χ1) is 11.5. The Morgan fingerprint density at radius 1 is 1.33 bits per heavy atom. The minimum atomic E-state index is -0.381. The van der Waals surface area contributed by atoms with E-state index >= 15 is 0 Å². The van der Waals surface area contributed by atoms with Crippen molar-refractivity contribution in [1.29, 1.82) is 0 Å². The van der Waals surface area contributed by atoms with Crippen molar-refractivity contribution in [3.63, 3.8) is 0 Å². The van der Waals surface area contributed by atoms with Crippen LogP contribution in [0.1, 0.15) is 26.7 Å². The highest BCUT2D eigenvalue weighted by Gasteiger charge is 2.09. The molecule has 1 aromatic carbocycles. The van der Waals surface area contributed by atoms with Crippen LogP contribution in [0, 0.1) is 0 Å². The van der Waals surface area contributed by atoms with Crippen molar-refractivity contribution in [2.24, 2.45) is 0 Å². The van der Waals surface area contributed by atoms with Crippen LogP contribution in [-0.2, 0) is 4.89 Å². The summed E-state index contributed by atoms with van der Waals surface area (Å²) in [7, 11) is 0. The molecule has 1 N–H and O–H groups in total. The molecule has 0 aliphatic carbocycles. The second-order valence-electron chi connectivity index (χ2n) is 5.79. The number of fused-ring (bicyclic) bond motifs is 1. The van der Waals surface area contributed by atoms with Crippen LogP contribution in [0.5, 0.6) is 5.75 Å². The summed E-state index contributed by atoms with van der Waals surface area (Å²) >= 11 is 0. The fourth-order valence-corrected chi connectivity index (χ4v) is 2.26. The lowest BCUT2D eigenvalue weighted by Gasteiger charge is -2.13. The van der Waals surface area contributed by atoms with Crippen LogP contribution < -0.4 is 10.4 Å². The molecule has 0 radical (unpaired) electrons. The van der Waals surface area contributed by atoms with Gasteiger partial charge < -0.3 is 9.15 Å². The molecule has 0 saturated heterocycles. The Morgan fingerprint density at radius 2 is 2.08 bits per heavy atom. The minimum absolute atomic E-state index is 0.349. The molecule has 0 saturated carbocycles. The van der Waals surface area contributed by atoms with E-state index in [0.717, 1.165) is 23.0 Å². The quantitative estimate of drug-likeness (QED) is 0.338. The third-order valence-electron chi connectivity index (χ3n) is 3.75. The lowest BCUT2D eigenvalue weighted by molar-refractivity contribution is -0.269. The molecule has 5 nitrogen and oxygen atoms in total. The van der Waals surface area contributed by atoms with Crippen LogP contribution in [0.4, 0.5) is 0 Å². The van der Waals surface area contributed by atoms with E-state index in [0.29, 0.717) is 24.4 Å². The van der Waals surface area contributed by atoms with E-state index in [9.17, 15) is 4.79 Å². The Bertz CT molecular complexity index is 788. The van der Waals surface area contributed by atoms with Crippen molar-refractivity contribution in [2.75, 3.05) is 6.61 Å². The second kappa shape index (κ2) is 8.47. The Morgan fingerprint density at radius 3 is 2.79 bits per heavy atom. The molecule has 128 valence electrons. The first kappa shape index (κ1) is 18.0. The van der Waals surface area contributed by atoms with Crippen LogP contribution in [0.3, 0.4) is 0 Å². The summed E-state index contributed by atoms with van der Waals surface area (Å²) in [5.41, 5.74) is 2.04. The first-order valence-corrected chi connectivity index (χ1v) is 7.77. The SMILES string of the molecule is C=C(C)C(CCC(C)=CCOc1ccc2ccc(=O)oc2c1)OO. The normalized spacial score (nSPS) is 13.0. The average molecular weight is 330 g/mol. The summed E-state index contributed by atoms with van der Waals surface area (Å²) in [5.74, 6) is 0.638. The molecule has 0 spiro atoms. The molecular weight excluding hydrogens is 308 g/mol. The van der Waals surface area contributed by atoms with Gasteiger partial charge in [-0.05, 0) is 56.5 Å². The molecule has 1 atom stereocenters. The maximum atomic E-state index is 11.2. The van der Waals surface area contributed by atoms with E-state index in [1.54, 1.807) is 12.1 Å². The zero-order valence-corrected chi connectivity index (χ0v) is 14.0. The van der Waals surface area contributed by atoms with E-state index in [1.165, 1.54) is 6.07 Å². The predicted octanol–water partition coefficient (Wildman–Crippen LogP) is 4.33. The van der Waals surface area contributed by atoms with Crippen LogP contribution in [-0.4, -0.2) is 18.0 Å². The molecular formula is C19H22O5. The molecule has 2 aromatic rings. The monoisotopic (exact) mass is 330 g/mol. The molecule has 0 aliphatic rings. The van der Waals surface area contributed by atoms with E-state index in [-0.39, 0.29) is 11.7 Å². The minimum Gasteiger partial charge on any atom is -0.489 e. The summed E-state index contributed by atoms with van der Waals surface area (Å²) in [5, 5.41) is 9.65. The highest BCUT2D eigenvalue weighted by Crippen LogP contribution is 2.20. The smallest absolute Gasteiger partial charge is 0.336 e.